The van der Waals surface area contributed by atoms with Crippen LogP contribution in [-0.2, 0) is 10.0 Å². The average Bonchev–Trinajstić information content (AvgIpc) is 3.01. The van der Waals surface area contributed by atoms with Crippen LogP contribution in [0.25, 0.3) is 10.2 Å². The third-order valence-electron chi connectivity index (χ3n) is 5.84. The van der Waals surface area contributed by atoms with Crippen LogP contribution in [0.2, 0.25) is 0 Å². The van der Waals surface area contributed by atoms with Gasteiger partial charge in [0.15, 0.2) is 0 Å². The first-order valence-corrected chi connectivity index (χ1v) is 12.5. The molecular formula is C22H28N4O2S2. The summed E-state index contributed by atoms with van der Waals surface area (Å²) in [5.41, 5.74) is 2.36. The Morgan fingerprint density at radius 1 is 0.967 bits per heavy atom. The average molecular weight is 445 g/mol. The predicted octanol–water partition coefficient (Wildman–Crippen LogP) is 4.25. The number of hydrogen-bond acceptors (Lipinski definition) is 6. The van der Waals surface area contributed by atoms with Crippen molar-refractivity contribution in [3.8, 4) is 0 Å². The van der Waals surface area contributed by atoms with Gasteiger partial charge in [0.1, 0.15) is 16.5 Å². The molecule has 0 aliphatic carbocycles. The number of sulfonamides is 1. The van der Waals surface area contributed by atoms with Crippen molar-refractivity contribution in [1.29, 1.82) is 0 Å². The van der Waals surface area contributed by atoms with E-state index >= 15 is 0 Å². The van der Waals surface area contributed by atoms with E-state index in [1.807, 2.05) is 19.1 Å². The monoisotopic (exact) mass is 444 g/mol. The minimum Gasteiger partial charge on any atom is -0.353 e. The van der Waals surface area contributed by atoms with Crippen LogP contribution in [0, 0.1) is 20.8 Å². The fraction of sp³-hybridized carbons (Fsp3) is 0.455. The Labute approximate surface area is 182 Å². The SMILES string of the molecule is Cc1nc(N2CCN(S(=O)(=O)c3ccc(C(C)C)cc3)CC2)c2c(C)c(C)sc2n1. The van der Waals surface area contributed by atoms with E-state index in [1.54, 1.807) is 27.8 Å². The highest BCUT2D eigenvalue weighted by Crippen LogP contribution is 2.35. The maximum absolute atomic E-state index is 13.1. The van der Waals surface area contributed by atoms with Crippen LogP contribution < -0.4 is 4.90 Å². The van der Waals surface area contributed by atoms with Crippen molar-refractivity contribution in [2.24, 2.45) is 0 Å². The Morgan fingerprint density at radius 2 is 1.60 bits per heavy atom. The lowest BCUT2D eigenvalue weighted by atomic mass is 10.0. The Morgan fingerprint density at radius 3 is 2.20 bits per heavy atom. The molecule has 3 aromatic rings. The van der Waals surface area contributed by atoms with Crippen LogP contribution in [0.5, 0.6) is 0 Å². The number of benzene rings is 1. The van der Waals surface area contributed by atoms with Crippen molar-refractivity contribution in [1.82, 2.24) is 14.3 Å². The molecular weight excluding hydrogens is 416 g/mol. The fourth-order valence-corrected chi connectivity index (χ4v) is 6.37. The minimum absolute atomic E-state index is 0.366. The predicted molar refractivity (Wildman–Crippen MR) is 123 cm³/mol. The summed E-state index contributed by atoms with van der Waals surface area (Å²) in [7, 11) is -3.49. The molecule has 0 unspecified atom stereocenters. The largest absolute Gasteiger partial charge is 0.353 e. The Kier molecular flexibility index (Phi) is 5.59. The van der Waals surface area contributed by atoms with E-state index in [4.69, 9.17) is 4.98 Å². The molecule has 0 saturated carbocycles. The number of aryl methyl sites for hydroxylation is 3. The van der Waals surface area contributed by atoms with Gasteiger partial charge in [0.05, 0.1) is 10.3 Å². The van der Waals surface area contributed by atoms with Gasteiger partial charge in [-0.2, -0.15) is 4.31 Å². The molecule has 1 fully saturated rings. The molecule has 160 valence electrons. The maximum Gasteiger partial charge on any atom is 0.243 e. The van der Waals surface area contributed by atoms with Crippen LogP contribution in [0.4, 0.5) is 5.82 Å². The molecule has 2 aromatic heterocycles. The lowest BCUT2D eigenvalue weighted by molar-refractivity contribution is 0.384. The highest BCUT2D eigenvalue weighted by molar-refractivity contribution is 7.89. The first kappa shape index (κ1) is 21.2. The minimum atomic E-state index is -3.49. The topological polar surface area (TPSA) is 66.4 Å². The van der Waals surface area contributed by atoms with Gasteiger partial charge in [0.2, 0.25) is 10.0 Å². The van der Waals surface area contributed by atoms with Gasteiger partial charge in [-0.15, -0.1) is 11.3 Å². The molecule has 0 bridgehead atoms. The summed E-state index contributed by atoms with van der Waals surface area (Å²) >= 11 is 1.69. The second kappa shape index (κ2) is 7.90. The summed E-state index contributed by atoms with van der Waals surface area (Å²) in [6.45, 7) is 12.5. The third-order valence-corrected chi connectivity index (χ3v) is 8.86. The molecule has 1 aliphatic heterocycles. The van der Waals surface area contributed by atoms with Gasteiger partial charge in [-0.3, -0.25) is 0 Å². The smallest absolute Gasteiger partial charge is 0.243 e. The molecule has 0 radical (unpaired) electrons. The van der Waals surface area contributed by atoms with Crippen molar-refractivity contribution in [2.45, 2.75) is 45.4 Å². The number of rotatable bonds is 4. The van der Waals surface area contributed by atoms with Crippen molar-refractivity contribution in [3.63, 3.8) is 0 Å². The number of anilines is 1. The Hall–Kier alpha value is -2.03. The summed E-state index contributed by atoms with van der Waals surface area (Å²) in [5, 5.41) is 1.10. The van der Waals surface area contributed by atoms with Crippen molar-refractivity contribution in [2.75, 3.05) is 31.1 Å². The quantitative estimate of drug-likeness (QED) is 0.602. The summed E-state index contributed by atoms with van der Waals surface area (Å²) in [4.78, 5) is 14.1. The van der Waals surface area contributed by atoms with E-state index in [2.05, 4.69) is 37.6 Å². The standard InChI is InChI=1S/C22H28N4O2S2/c1-14(2)18-6-8-19(9-7-18)30(27,28)26-12-10-25(11-13-26)21-20-15(3)16(4)29-22(20)24-17(5)23-21/h6-9,14H,10-13H2,1-5H3. The first-order valence-electron chi connectivity index (χ1n) is 10.3. The van der Waals surface area contributed by atoms with Crippen LogP contribution in [0.3, 0.4) is 0 Å². The van der Waals surface area contributed by atoms with E-state index < -0.39 is 10.0 Å². The highest BCUT2D eigenvalue weighted by Gasteiger charge is 2.30. The van der Waals surface area contributed by atoms with E-state index in [0.29, 0.717) is 37.0 Å². The summed E-state index contributed by atoms with van der Waals surface area (Å²) in [5.74, 6) is 2.05. The highest BCUT2D eigenvalue weighted by atomic mass is 32.2. The van der Waals surface area contributed by atoms with E-state index in [0.717, 1.165) is 27.4 Å². The Balaban J connectivity index is 1.56. The zero-order valence-electron chi connectivity index (χ0n) is 18.1. The van der Waals surface area contributed by atoms with Gasteiger partial charge in [-0.05, 0) is 49.9 Å². The zero-order valence-corrected chi connectivity index (χ0v) is 19.8. The summed E-state index contributed by atoms with van der Waals surface area (Å²) in [6.07, 6.45) is 0. The van der Waals surface area contributed by atoms with Crippen LogP contribution in [0.15, 0.2) is 29.2 Å². The molecule has 0 amide bonds. The number of nitrogens with zero attached hydrogens (tertiary/aromatic N) is 4. The second-order valence-corrected chi connectivity index (χ2v) is 11.3. The molecule has 0 N–H and O–H groups in total. The molecule has 30 heavy (non-hydrogen) atoms. The number of aromatic nitrogens is 2. The van der Waals surface area contributed by atoms with E-state index in [-0.39, 0.29) is 0 Å². The van der Waals surface area contributed by atoms with Crippen molar-refractivity contribution in [3.05, 3.63) is 46.1 Å². The Bertz CT molecular complexity index is 1180. The summed E-state index contributed by atoms with van der Waals surface area (Å²) < 4.78 is 27.8. The molecule has 0 spiro atoms. The molecule has 1 aliphatic rings. The van der Waals surface area contributed by atoms with Gasteiger partial charge >= 0.3 is 0 Å². The van der Waals surface area contributed by atoms with Crippen LogP contribution in [-0.4, -0.2) is 48.9 Å². The molecule has 1 aromatic carbocycles. The molecule has 3 heterocycles. The number of thiophene rings is 1. The number of fused-ring (bicyclic) bond motifs is 1. The lowest BCUT2D eigenvalue weighted by Crippen LogP contribution is -2.49. The van der Waals surface area contributed by atoms with Crippen LogP contribution in [0.1, 0.15) is 41.6 Å². The molecule has 4 rings (SSSR count). The van der Waals surface area contributed by atoms with Gasteiger partial charge in [-0.25, -0.2) is 18.4 Å². The van der Waals surface area contributed by atoms with E-state index in [9.17, 15) is 8.42 Å². The van der Waals surface area contributed by atoms with Gasteiger partial charge in [-0.1, -0.05) is 26.0 Å². The van der Waals surface area contributed by atoms with Gasteiger partial charge in [0.25, 0.3) is 0 Å². The van der Waals surface area contributed by atoms with Crippen molar-refractivity contribution < 1.29 is 8.42 Å². The third kappa shape index (κ3) is 3.72. The fourth-order valence-electron chi connectivity index (χ4n) is 3.88. The number of hydrogen-bond donors (Lipinski definition) is 0. The molecule has 1 saturated heterocycles. The van der Waals surface area contributed by atoms with Gasteiger partial charge in [0, 0.05) is 31.1 Å². The van der Waals surface area contributed by atoms with Crippen molar-refractivity contribution >= 4 is 37.4 Å². The van der Waals surface area contributed by atoms with E-state index in [1.165, 1.54) is 10.4 Å². The second-order valence-electron chi connectivity index (χ2n) is 8.17. The van der Waals surface area contributed by atoms with Gasteiger partial charge < -0.3 is 4.90 Å². The molecule has 8 heteroatoms. The lowest BCUT2D eigenvalue weighted by Gasteiger charge is -2.35. The zero-order chi connectivity index (χ0) is 21.6. The normalized spacial score (nSPS) is 16.0. The first-order chi connectivity index (χ1) is 14.2. The molecule has 0 atom stereocenters. The molecule has 6 nitrogen and oxygen atoms in total. The summed E-state index contributed by atoms with van der Waals surface area (Å²) in [6, 6.07) is 7.28. The number of piperazine rings is 1. The maximum atomic E-state index is 13.1. The van der Waals surface area contributed by atoms with Crippen LogP contribution >= 0.6 is 11.3 Å².